The van der Waals surface area contributed by atoms with Crippen molar-refractivity contribution in [3.8, 4) is 11.5 Å². The van der Waals surface area contributed by atoms with Gasteiger partial charge < -0.3 is 14.4 Å². The molecule has 0 spiro atoms. The van der Waals surface area contributed by atoms with E-state index in [4.69, 9.17) is 9.47 Å². The van der Waals surface area contributed by atoms with Crippen molar-refractivity contribution in [1.82, 2.24) is 24.7 Å². The maximum atomic E-state index is 13.1. The molecule has 29 heavy (non-hydrogen) atoms. The summed E-state index contributed by atoms with van der Waals surface area (Å²) in [6.45, 7) is 3.74. The second-order valence-electron chi connectivity index (χ2n) is 6.90. The second kappa shape index (κ2) is 6.76. The number of fused-ring (bicyclic) bond motifs is 2. The smallest absolute Gasteiger partial charge is 0.453 e. The molecule has 8 nitrogen and oxygen atoms in total. The topological polar surface area (TPSA) is 68.0 Å². The second-order valence-corrected chi connectivity index (χ2v) is 6.90. The number of rotatable bonds is 3. The van der Waals surface area contributed by atoms with Crippen LogP contribution in [0.5, 0.6) is 11.5 Å². The van der Waals surface area contributed by atoms with Crippen LogP contribution >= 0.6 is 0 Å². The van der Waals surface area contributed by atoms with E-state index >= 15 is 0 Å². The molecular weight excluding hydrogens is 389 g/mol. The van der Waals surface area contributed by atoms with Crippen LogP contribution in [0.2, 0.25) is 0 Å². The number of nitrogens with zero attached hydrogens (tertiary/aromatic N) is 6. The molecule has 1 saturated heterocycles. The van der Waals surface area contributed by atoms with Crippen LogP contribution in [0.1, 0.15) is 11.4 Å². The maximum Gasteiger partial charge on any atom is 0.453 e. The lowest BCUT2D eigenvalue weighted by molar-refractivity contribution is -0.146. The Morgan fingerprint density at radius 3 is 2.59 bits per heavy atom. The monoisotopic (exact) mass is 406 g/mol. The zero-order valence-electron chi connectivity index (χ0n) is 15.3. The van der Waals surface area contributed by atoms with Crippen LogP contribution in [0.3, 0.4) is 0 Å². The third-order valence-electron chi connectivity index (χ3n) is 5.07. The highest BCUT2D eigenvalue weighted by Gasteiger charge is 2.38. The molecule has 0 aliphatic carbocycles. The number of aromatic nitrogens is 4. The van der Waals surface area contributed by atoms with Gasteiger partial charge in [0.15, 0.2) is 17.1 Å². The van der Waals surface area contributed by atoms with Gasteiger partial charge in [0, 0.05) is 38.3 Å². The third-order valence-corrected chi connectivity index (χ3v) is 5.07. The highest BCUT2D eigenvalue weighted by Crippen LogP contribution is 2.36. The number of para-hydroxylation sites is 1. The largest absolute Gasteiger partial charge is 0.454 e. The quantitative estimate of drug-likeness (QED) is 0.661. The summed E-state index contributed by atoms with van der Waals surface area (Å²) in [6, 6.07) is 9.01. The Morgan fingerprint density at radius 1 is 0.966 bits per heavy atom. The minimum absolute atomic E-state index is 0.0693. The van der Waals surface area contributed by atoms with Crippen LogP contribution in [0.25, 0.3) is 5.65 Å². The molecule has 11 heteroatoms. The van der Waals surface area contributed by atoms with E-state index in [2.05, 4.69) is 20.2 Å². The molecular formula is C18H17F3N6O2. The van der Waals surface area contributed by atoms with Crippen molar-refractivity contribution < 1.29 is 22.6 Å². The predicted molar refractivity (Wildman–Crippen MR) is 95.8 cm³/mol. The number of benzene rings is 1. The average molecular weight is 406 g/mol. The van der Waals surface area contributed by atoms with Gasteiger partial charge in [-0.1, -0.05) is 12.1 Å². The summed E-state index contributed by atoms with van der Waals surface area (Å²) in [6.07, 6.45) is -4.61. The van der Waals surface area contributed by atoms with Gasteiger partial charge in [-0.15, -0.1) is 15.3 Å². The van der Waals surface area contributed by atoms with Crippen LogP contribution in [-0.4, -0.2) is 57.7 Å². The fraction of sp³-hybridized carbons (Fsp3) is 0.389. The minimum atomic E-state index is -4.61. The third kappa shape index (κ3) is 3.31. The summed E-state index contributed by atoms with van der Waals surface area (Å²) < 4.78 is 51.0. The lowest BCUT2D eigenvalue weighted by Crippen LogP contribution is -2.46. The standard InChI is InChI=1S/C18H17F3N6O2/c19-18(20,21)17-23-22-14-4-5-15(24-27(14)17)26-8-6-25(7-9-26)10-12-2-1-3-13-16(12)29-11-28-13/h1-5H,6-11H2. The first-order valence-corrected chi connectivity index (χ1v) is 9.13. The molecule has 0 amide bonds. The van der Waals surface area contributed by atoms with Crippen molar-refractivity contribution in [3.05, 3.63) is 41.7 Å². The van der Waals surface area contributed by atoms with Gasteiger partial charge in [0.2, 0.25) is 6.79 Å². The number of hydrogen-bond donors (Lipinski definition) is 0. The number of alkyl halides is 3. The van der Waals surface area contributed by atoms with E-state index in [1.54, 1.807) is 6.07 Å². The molecule has 0 saturated carbocycles. The van der Waals surface area contributed by atoms with Gasteiger partial charge >= 0.3 is 6.18 Å². The normalized spacial score (nSPS) is 17.3. The van der Waals surface area contributed by atoms with Crippen LogP contribution in [0, 0.1) is 0 Å². The molecule has 5 rings (SSSR count). The zero-order chi connectivity index (χ0) is 20.0. The van der Waals surface area contributed by atoms with Crippen LogP contribution < -0.4 is 14.4 Å². The number of halogens is 3. The molecule has 3 aromatic rings. The Kier molecular flexibility index (Phi) is 4.19. The van der Waals surface area contributed by atoms with E-state index in [1.807, 2.05) is 23.1 Å². The van der Waals surface area contributed by atoms with E-state index < -0.39 is 12.0 Å². The summed E-state index contributed by atoms with van der Waals surface area (Å²) in [5.41, 5.74) is 1.13. The molecule has 1 fully saturated rings. The van der Waals surface area contributed by atoms with Crippen LogP contribution in [-0.2, 0) is 12.7 Å². The van der Waals surface area contributed by atoms with Gasteiger partial charge in [-0.3, -0.25) is 4.90 Å². The number of piperazine rings is 1. The van der Waals surface area contributed by atoms with Gasteiger partial charge in [0.25, 0.3) is 5.82 Å². The van der Waals surface area contributed by atoms with Crippen molar-refractivity contribution in [3.63, 3.8) is 0 Å². The number of anilines is 1. The van der Waals surface area contributed by atoms with Gasteiger partial charge in [-0.2, -0.15) is 17.7 Å². The van der Waals surface area contributed by atoms with Crippen molar-refractivity contribution in [2.24, 2.45) is 0 Å². The molecule has 2 aliphatic rings. The van der Waals surface area contributed by atoms with Crippen LogP contribution in [0.4, 0.5) is 19.0 Å². The summed E-state index contributed by atoms with van der Waals surface area (Å²) in [7, 11) is 0. The van der Waals surface area contributed by atoms with Crippen molar-refractivity contribution in [2.45, 2.75) is 12.7 Å². The molecule has 0 atom stereocenters. The summed E-state index contributed by atoms with van der Waals surface area (Å²) in [5.74, 6) is 0.898. The molecule has 2 aliphatic heterocycles. The lowest BCUT2D eigenvalue weighted by atomic mass is 10.1. The molecule has 0 bridgehead atoms. The average Bonchev–Trinajstić information content (AvgIpc) is 3.35. The first-order chi connectivity index (χ1) is 14.0. The highest BCUT2D eigenvalue weighted by molar-refractivity contribution is 5.48. The fourth-order valence-corrected chi connectivity index (χ4v) is 3.62. The summed E-state index contributed by atoms with van der Waals surface area (Å²) >= 11 is 0. The van der Waals surface area contributed by atoms with E-state index in [9.17, 15) is 13.2 Å². The molecule has 2 aromatic heterocycles. The first kappa shape index (κ1) is 18.0. The van der Waals surface area contributed by atoms with Gasteiger partial charge in [-0.05, 0) is 18.2 Å². The molecule has 1 aromatic carbocycles. The van der Waals surface area contributed by atoms with Gasteiger partial charge in [-0.25, -0.2) is 0 Å². The lowest BCUT2D eigenvalue weighted by Gasteiger charge is -2.35. The first-order valence-electron chi connectivity index (χ1n) is 9.13. The van der Waals surface area contributed by atoms with E-state index in [0.29, 0.717) is 18.9 Å². The summed E-state index contributed by atoms with van der Waals surface area (Å²) in [4.78, 5) is 4.23. The SMILES string of the molecule is FC(F)(F)c1nnc2ccc(N3CCN(Cc4cccc5c4OCO5)CC3)nn12. The Bertz CT molecular complexity index is 1050. The highest BCUT2D eigenvalue weighted by atomic mass is 19.4. The Morgan fingerprint density at radius 2 is 1.79 bits per heavy atom. The van der Waals surface area contributed by atoms with Gasteiger partial charge in [0.05, 0.1) is 0 Å². The van der Waals surface area contributed by atoms with E-state index in [0.717, 1.165) is 41.2 Å². The molecule has 0 unspecified atom stereocenters. The zero-order valence-corrected chi connectivity index (χ0v) is 15.3. The van der Waals surface area contributed by atoms with Crippen molar-refractivity contribution in [2.75, 3.05) is 37.9 Å². The van der Waals surface area contributed by atoms with Crippen molar-refractivity contribution >= 4 is 11.5 Å². The van der Waals surface area contributed by atoms with Crippen LogP contribution in [0.15, 0.2) is 30.3 Å². The molecule has 0 N–H and O–H groups in total. The van der Waals surface area contributed by atoms with E-state index in [1.165, 1.54) is 6.07 Å². The predicted octanol–water partition coefficient (Wildman–Crippen LogP) is 2.19. The molecule has 0 radical (unpaired) electrons. The summed E-state index contributed by atoms with van der Waals surface area (Å²) in [5, 5.41) is 10.9. The Balaban J connectivity index is 1.29. The number of hydrogen-bond acceptors (Lipinski definition) is 7. The molecule has 4 heterocycles. The number of ether oxygens (including phenoxy) is 2. The Hall–Kier alpha value is -3.08. The Labute approximate surface area is 163 Å². The van der Waals surface area contributed by atoms with E-state index in [-0.39, 0.29) is 12.4 Å². The molecule has 152 valence electrons. The van der Waals surface area contributed by atoms with Gasteiger partial charge in [0.1, 0.15) is 5.82 Å². The maximum absolute atomic E-state index is 13.1. The minimum Gasteiger partial charge on any atom is -0.454 e. The van der Waals surface area contributed by atoms with Crippen molar-refractivity contribution in [1.29, 1.82) is 0 Å². The fourth-order valence-electron chi connectivity index (χ4n) is 3.62.